The Morgan fingerprint density at radius 3 is 2.44 bits per heavy atom. The van der Waals surface area contributed by atoms with Crippen molar-refractivity contribution >= 4 is 23.0 Å². The van der Waals surface area contributed by atoms with E-state index < -0.39 is 0 Å². The molecule has 2 atom stereocenters. The van der Waals surface area contributed by atoms with Crippen LogP contribution in [0.2, 0.25) is 0 Å². The summed E-state index contributed by atoms with van der Waals surface area (Å²) in [7, 11) is 0. The van der Waals surface area contributed by atoms with Crippen LogP contribution in [0.4, 0.5) is 5.69 Å². The fourth-order valence-electron chi connectivity index (χ4n) is 4.31. The number of pyridine rings is 2. The first-order chi connectivity index (χ1) is 15.6. The first-order valence-electron chi connectivity index (χ1n) is 10.7. The number of thiocarbonyl (C=S) groups is 1. The van der Waals surface area contributed by atoms with Crippen molar-refractivity contribution < 1.29 is 0 Å². The summed E-state index contributed by atoms with van der Waals surface area (Å²) in [6.45, 7) is 4.97. The maximum absolute atomic E-state index is 5.87. The number of nitrogens with one attached hydrogen (secondary N) is 1. The van der Waals surface area contributed by atoms with Gasteiger partial charge in [-0.2, -0.15) is 0 Å². The van der Waals surface area contributed by atoms with E-state index in [2.05, 4.69) is 87.3 Å². The van der Waals surface area contributed by atoms with Crippen molar-refractivity contribution in [1.82, 2.24) is 19.9 Å². The van der Waals surface area contributed by atoms with Gasteiger partial charge in [-0.1, -0.05) is 18.2 Å². The second-order valence-corrected chi connectivity index (χ2v) is 8.53. The zero-order valence-corrected chi connectivity index (χ0v) is 19.0. The molecule has 1 aliphatic rings. The van der Waals surface area contributed by atoms with Crippen LogP contribution in [0.5, 0.6) is 0 Å². The van der Waals surface area contributed by atoms with Crippen molar-refractivity contribution in [3.05, 3.63) is 114 Å². The molecule has 5 rings (SSSR count). The van der Waals surface area contributed by atoms with E-state index in [1.807, 2.05) is 36.7 Å². The van der Waals surface area contributed by atoms with Gasteiger partial charge in [0, 0.05) is 30.0 Å². The van der Waals surface area contributed by atoms with E-state index in [1.165, 1.54) is 11.1 Å². The molecule has 4 heterocycles. The first-order valence-corrected chi connectivity index (χ1v) is 11.2. The third-order valence-electron chi connectivity index (χ3n) is 6.09. The third kappa shape index (κ3) is 3.78. The minimum Gasteiger partial charge on any atom is -0.351 e. The molecule has 1 aliphatic heterocycles. The SMILES string of the molecule is Cc1ccc(N2C(=S)N[C@H](c3ccccn3)[C@@H]2c2cccn2Cc2ccccn2)cc1C. The van der Waals surface area contributed by atoms with E-state index in [4.69, 9.17) is 12.2 Å². The van der Waals surface area contributed by atoms with E-state index in [-0.39, 0.29) is 12.1 Å². The molecule has 3 aromatic heterocycles. The Morgan fingerprint density at radius 2 is 1.72 bits per heavy atom. The lowest BCUT2D eigenvalue weighted by atomic mass is 10.00. The summed E-state index contributed by atoms with van der Waals surface area (Å²) in [6.07, 6.45) is 5.78. The second-order valence-electron chi connectivity index (χ2n) is 8.15. The van der Waals surface area contributed by atoms with Crippen molar-refractivity contribution in [2.24, 2.45) is 0 Å². The van der Waals surface area contributed by atoms with Crippen LogP contribution in [0.1, 0.15) is 40.3 Å². The van der Waals surface area contributed by atoms with E-state index in [0.29, 0.717) is 11.7 Å². The number of rotatable bonds is 5. The van der Waals surface area contributed by atoms with Crippen LogP contribution in [0.25, 0.3) is 0 Å². The largest absolute Gasteiger partial charge is 0.351 e. The van der Waals surface area contributed by atoms with Gasteiger partial charge in [-0.3, -0.25) is 9.97 Å². The normalized spacial score (nSPS) is 18.1. The Morgan fingerprint density at radius 1 is 0.906 bits per heavy atom. The Kier molecular flexibility index (Phi) is 5.45. The number of hydrogen-bond acceptors (Lipinski definition) is 3. The molecule has 0 aliphatic carbocycles. The number of nitrogens with zero attached hydrogens (tertiary/aromatic N) is 4. The molecule has 5 nitrogen and oxygen atoms in total. The highest BCUT2D eigenvalue weighted by Crippen LogP contribution is 2.42. The summed E-state index contributed by atoms with van der Waals surface area (Å²) in [5, 5.41) is 4.26. The second kappa shape index (κ2) is 8.55. The molecule has 1 fully saturated rings. The van der Waals surface area contributed by atoms with Crippen LogP contribution in [0.3, 0.4) is 0 Å². The minimum atomic E-state index is -0.0670. The Labute approximate surface area is 193 Å². The molecular weight excluding hydrogens is 414 g/mol. The molecular formula is C26H25N5S. The summed E-state index contributed by atoms with van der Waals surface area (Å²) >= 11 is 5.87. The smallest absolute Gasteiger partial charge is 0.174 e. The topological polar surface area (TPSA) is 46.0 Å². The predicted octanol–water partition coefficient (Wildman–Crippen LogP) is 5.12. The van der Waals surface area contributed by atoms with Gasteiger partial charge in [0.1, 0.15) is 6.04 Å². The van der Waals surface area contributed by atoms with Gasteiger partial charge in [0.2, 0.25) is 0 Å². The standard InChI is InChI=1S/C26H25N5S/c1-18-11-12-21(16-19(18)2)31-25(24(29-26(31)32)22-9-4-6-14-28-22)23-10-7-15-30(23)17-20-8-3-5-13-27-20/h3-16,24-25H,17H2,1-2H3,(H,29,32)/t24-,25+/m1/s1. The summed E-state index contributed by atoms with van der Waals surface area (Å²) in [6, 6.07) is 22.7. The number of hydrogen-bond donors (Lipinski definition) is 1. The molecule has 32 heavy (non-hydrogen) atoms. The summed E-state index contributed by atoms with van der Waals surface area (Å²) in [5.41, 5.74) is 6.75. The number of anilines is 1. The van der Waals surface area contributed by atoms with Gasteiger partial charge < -0.3 is 14.8 Å². The fourth-order valence-corrected chi connectivity index (χ4v) is 4.66. The van der Waals surface area contributed by atoms with E-state index in [9.17, 15) is 0 Å². The van der Waals surface area contributed by atoms with Gasteiger partial charge in [-0.05, 0) is 85.7 Å². The molecule has 4 aromatic rings. The average Bonchev–Trinajstić information content (AvgIpc) is 3.40. The van der Waals surface area contributed by atoms with Gasteiger partial charge in [0.25, 0.3) is 0 Å². The van der Waals surface area contributed by atoms with Gasteiger partial charge in [0.05, 0.1) is 24.0 Å². The maximum atomic E-state index is 5.87. The molecule has 1 aromatic carbocycles. The quantitative estimate of drug-likeness (QED) is 0.437. The molecule has 1 saturated heterocycles. The lowest BCUT2D eigenvalue weighted by molar-refractivity contribution is 0.532. The van der Waals surface area contributed by atoms with Gasteiger partial charge in [0.15, 0.2) is 5.11 Å². The minimum absolute atomic E-state index is 0.0433. The zero-order chi connectivity index (χ0) is 22.1. The monoisotopic (exact) mass is 439 g/mol. The van der Waals surface area contributed by atoms with Crippen LogP contribution < -0.4 is 10.2 Å². The molecule has 6 heteroatoms. The third-order valence-corrected chi connectivity index (χ3v) is 6.41. The molecule has 160 valence electrons. The lowest BCUT2D eigenvalue weighted by Crippen LogP contribution is -2.30. The molecule has 0 radical (unpaired) electrons. The number of aryl methyl sites for hydroxylation is 2. The first kappa shape index (κ1) is 20.4. The highest BCUT2D eigenvalue weighted by Gasteiger charge is 2.42. The summed E-state index contributed by atoms with van der Waals surface area (Å²) in [5.74, 6) is 0. The molecule has 0 spiro atoms. The van der Waals surface area contributed by atoms with E-state index in [1.54, 1.807) is 0 Å². The zero-order valence-electron chi connectivity index (χ0n) is 18.1. The van der Waals surface area contributed by atoms with Crippen LogP contribution in [-0.4, -0.2) is 19.6 Å². The predicted molar refractivity (Wildman–Crippen MR) is 132 cm³/mol. The van der Waals surface area contributed by atoms with Crippen LogP contribution in [-0.2, 0) is 6.54 Å². The Balaban J connectivity index is 1.61. The van der Waals surface area contributed by atoms with E-state index >= 15 is 0 Å². The molecule has 1 N–H and O–H groups in total. The Hall–Kier alpha value is -3.51. The van der Waals surface area contributed by atoms with E-state index in [0.717, 1.165) is 22.8 Å². The van der Waals surface area contributed by atoms with Crippen LogP contribution >= 0.6 is 12.2 Å². The summed E-state index contributed by atoms with van der Waals surface area (Å²) in [4.78, 5) is 11.4. The highest BCUT2D eigenvalue weighted by molar-refractivity contribution is 7.80. The lowest BCUT2D eigenvalue weighted by Gasteiger charge is -2.29. The molecule has 0 bridgehead atoms. The van der Waals surface area contributed by atoms with Gasteiger partial charge in [-0.15, -0.1) is 0 Å². The van der Waals surface area contributed by atoms with Crippen LogP contribution in [0.15, 0.2) is 85.3 Å². The fraction of sp³-hybridized carbons (Fsp3) is 0.192. The molecule has 0 unspecified atom stereocenters. The highest BCUT2D eigenvalue weighted by atomic mass is 32.1. The van der Waals surface area contributed by atoms with Crippen molar-refractivity contribution in [3.8, 4) is 0 Å². The van der Waals surface area contributed by atoms with Gasteiger partial charge >= 0.3 is 0 Å². The molecule has 0 saturated carbocycles. The average molecular weight is 440 g/mol. The van der Waals surface area contributed by atoms with Crippen LogP contribution in [0, 0.1) is 13.8 Å². The van der Waals surface area contributed by atoms with Crippen molar-refractivity contribution in [1.29, 1.82) is 0 Å². The van der Waals surface area contributed by atoms with Crippen molar-refractivity contribution in [2.75, 3.05) is 4.90 Å². The number of benzene rings is 1. The summed E-state index contributed by atoms with van der Waals surface area (Å²) < 4.78 is 2.26. The molecule has 0 amide bonds. The Bertz CT molecular complexity index is 1240. The van der Waals surface area contributed by atoms with Crippen molar-refractivity contribution in [2.45, 2.75) is 32.5 Å². The van der Waals surface area contributed by atoms with Crippen molar-refractivity contribution in [3.63, 3.8) is 0 Å². The maximum Gasteiger partial charge on any atom is 0.174 e. The van der Waals surface area contributed by atoms with Gasteiger partial charge in [-0.25, -0.2) is 0 Å². The number of aromatic nitrogens is 3.